The Morgan fingerprint density at radius 1 is 1.36 bits per heavy atom. The smallest absolute Gasteiger partial charge is 0.241 e. The summed E-state index contributed by atoms with van der Waals surface area (Å²) in [5.74, 6) is 0.376. The van der Waals surface area contributed by atoms with Crippen molar-refractivity contribution in [3.05, 3.63) is 0 Å². The zero-order chi connectivity index (χ0) is 10.6. The molecule has 1 amide bonds. The van der Waals surface area contributed by atoms with Gasteiger partial charge < -0.3 is 0 Å². The molecule has 0 unspecified atom stereocenters. The summed E-state index contributed by atoms with van der Waals surface area (Å²) in [7, 11) is 0. The van der Waals surface area contributed by atoms with Crippen molar-refractivity contribution in [2.45, 2.75) is 33.1 Å². The standard InChI is InChI=1S/C10H19ClN2O/c1-10(2,8-11)9(14)12-13-6-4-3-5-7-13/h3-8H2,1-2H3,(H,12,14). The van der Waals surface area contributed by atoms with E-state index in [4.69, 9.17) is 11.6 Å². The van der Waals surface area contributed by atoms with Gasteiger partial charge in [-0.1, -0.05) is 6.42 Å². The molecule has 0 saturated carbocycles. The van der Waals surface area contributed by atoms with E-state index in [-0.39, 0.29) is 5.91 Å². The van der Waals surface area contributed by atoms with Gasteiger partial charge in [-0.15, -0.1) is 11.6 Å². The average molecular weight is 219 g/mol. The van der Waals surface area contributed by atoms with Gasteiger partial charge in [-0.25, -0.2) is 5.01 Å². The lowest BCUT2D eigenvalue weighted by atomic mass is 9.96. The van der Waals surface area contributed by atoms with Crippen LogP contribution in [0.15, 0.2) is 0 Å². The van der Waals surface area contributed by atoms with Gasteiger partial charge in [0.15, 0.2) is 0 Å². The van der Waals surface area contributed by atoms with Crippen molar-refractivity contribution in [3.8, 4) is 0 Å². The van der Waals surface area contributed by atoms with Crippen molar-refractivity contribution in [1.29, 1.82) is 0 Å². The number of carbonyl (C=O) groups is 1. The summed E-state index contributed by atoms with van der Waals surface area (Å²) in [5, 5.41) is 2.00. The van der Waals surface area contributed by atoms with Crippen LogP contribution in [0.5, 0.6) is 0 Å². The van der Waals surface area contributed by atoms with Gasteiger partial charge in [-0.05, 0) is 26.7 Å². The number of piperidine rings is 1. The summed E-state index contributed by atoms with van der Waals surface area (Å²) in [6.07, 6.45) is 3.61. The first-order chi connectivity index (χ1) is 6.56. The highest BCUT2D eigenvalue weighted by Gasteiger charge is 2.28. The predicted octanol–water partition coefficient (Wildman–Crippen LogP) is 1.77. The van der Waals surface area contributed by atoms with Gasteiger partial charge >= 0.3 is 0 Å². The predicted molar refractivity (Wildman–Crippen MR) is 58.1 cm³/mol. The first-order valence-electron chi connectivity index (χ1n) is 5.18. The molecule has 1 aliphatic rings. The number of hydrazine groups is 1. The van der Waals surface area contributed by atoms with Gasteiger partial charge in [0, 0.05) is 19.0 Å². The summed E-state index contributed by atoms with van der Waals surface area (Å²) < 4.78 is 0. The number of amides is 1. The molecule has 0 atom stereocenters. The van der Waals surface area contributed by atoms with Crippen LogP contribution >= 0.6 is 11.6 Å². The molecule has 1 saturated heterocycles. The van der Waals surface area contributed by atoms with Crippen molar-refractivity contribution in [2.75, 3.05) is 19.0 Å². The van der Waals surface area contributed by atoms with Gasteiger partial charge in [-0.2, -0.15) is 0 Å². The van der Waals surface area contributed by atoms with Crippen LogP contribution in [0.1, 0.15) is 33.1 Å². The van der Waals surface area contributed by atoms with Crippen LogP contribution in [-0.4, -0.2) is 29.9 Å². The maximum Gasteiger partial charge on any atom is 0.241 e. The number of halogens is 1. The van der Waals surface area contributed by atoms with Crippen molar-refractivity contribution >= 4 is 17.5 Å². The van der Waals surface area contributed by atoms with Crippen molar-refractivity contribution < 1.29 is 4.79 Å². The highest BCUT2D eigenvalue weighted by molar-refractivity contribution is 6.19. The third-order valence-electron chi connectivity index (χ3n) is 2.56. The molecule has 1 aliphatic heterocycles. The Kier molecular flexibility index (Phi) is 4.20. The fourth-order valence-electron chi connectivity index (χ4n) is 1.36. The van der Waals surface area contributed by atoms with E-state index in [1.165, 1.54) is 19.3 Å². The number of hydrogen-bond donors (Lipinski definition) is 1. The first kappa shape index (κ1) is 11.8. The van der Waals surface area contributed by atoms with Crippen molar-refractivity contribution in [2.24, 2.45) is 5.41 Å². The second-order valence-electron chi connectivity index (χ2n) is 4.51. The van der Waals surface area contributed by atoms with Crippen LogP contribution in [0.4, 0.5) is 0 Å². The Morgan fingerprint density at radius 2 is 1.93 bits per heavy atom. The zero-order valence-corrected chi connectivity index (χ0v) is 9.73. The highest BCUT2D eigenvalue weighted by atomic mass is 35.5. The van der Waals surface area contributed by atoms with Crippen molar-refractivity contribution in [1.82, 2.24) is 10.4 Å². The second-order valence-corrected chi connectivity index (χ2v) is 4.77. The van der Waals surface area contributed by atoms with E-state index in [9.17, 15) is 4.79 Å². The van der Waals surface area contributed by atoms with Gasteiger partial charge in [0.05, 0.1) is 5.41 Å². The molecular weight excluding hydrogens is 200 g/mol. The molecule has 0 radical (unpaired) electrons. The van der Waals surface area contributed by atoms with Crippen molar-refractivity contribution in [3.63, 3.8) is 0 Å². The summed E-state index contributed by atoms with van der Waals surface area (Å²) in [6, 6.07) is 0. The van der Waals surface area contributed by atoms with E-state index in [0.717, 1.165) is 13.1 Å². The van der Waals surface area contributed by atoms with Gasteiger partial charge in [0.2, 0.25) is 5.91 Å². The lowest BCUT2D eigenvalue weighted by molar-refractivity contribution is -0.133. The van der Waals surface area contributed by atoms with E-state index >= 15 is 0 Å². The minimum Gasteiger partial charge on any atom is -0.288 e. The molecular formula is C10H19ClN2O. The number of hydrogen-bond acceptors (Lipinski definition) is 2. The lowest BCUT2D eigenvalue weighted by Gasteiger charge is -2.30. The van der Waals surface area contributed by atoms with Gasteiger partial charge in [-0.3, -0.25) is 10.2 Å². The summed E-state index contributed by atoms with van der Waals surface area (Å²) in [6.45, 7) is 5.65. The largest absolute Gasteiger partial charge is 0.288 e. The molecule has 0 aromatic carbocycles. The van der Waals surface area contributed by atoms with Gasteiger partial charge in [0.1, 0.15) is 0 Å². The van der Waals surface area contributed by atoms with E-state index in [1.807, 2.05) is 18.9 Å². The molecule has 14 heavy (non-hydrogen) atoms. The SMILES string of the molecule is CC(C)(CCl)C(=O)NN1CCCCC1. The van der Waals surface area contributed by atoms with Crippen LogP contribution in [0.25, 0.3) is 0 Å². The van der Waals surface area contributed by atoms with Crippen LogP contribution in [0.2, 0.25) is 0 Å². The van der Waals surface area contributed by atoms with E-state index in [2.05, 4.69) is 5.43 Å². The monoisotopic (exact) mass is 218 g/mol. The Hall–Kier alpha value is -0.280. The summed E-state index contributed by atoms with van der Waals surface area (Å²) in [4.78, 5) is 11.7. The van der Waals surface area contributed by atoms with E-state index in [1.54, 1.807) is 0 Å². The maximum absolute atomic E-state index is 11.7. The number of alkyl halides is 1. The topological polar surface area (TPSA) is 32.3 Å². The number of rotatable bonds is 3. The fraction of sp³-hybridized carbons (Fsp3) is 0.900. The lowest BCUT2D eigenvalue weighted by Crippen LogP contribution is -2.50. The fourth-order valence-corrected chi connectivity index (χ4v) is 1.48. The molecule has 82 valence electrons. The molecule has 1 fully saturated rings. The molecule has 0 aliphatic carbocycles. The number of nitrogens with one attached hydrogen (secondary N) is 1. The summed E-state index contributed by atoms with van der Waals surface area (Å²) >= 11 is 5.73. The Labute approximate surface area is 90.8 Å². The zero-order valence-electron chi connectivity index (χ0n) is 8.98. The Balaban J connectivity index is 2.39. The minimum atomic E-state index is -0.473. The molecule has 1 heterocycles. The molecule has 0 spiro atoms. The number of carbonyl (C=O) groups excluding carboxylic acids is 1. The second kappa shape index (κ2) is 4.99. The third kappa shape index (κ3) is 3.14. The molecule has 4 heteroatoms. The Bertz CT molecular complexity index is 200. The molecule has 1 rings (SSSR count). The normalized spacial score (nSPS) is 19.4. The summed E-state index contributed by atoms with van der Waals surface area (Å²) in [5.41, 5.74) is 2.45. The van der Waals surface area contributed by atoms with Crippen LogP contribution in [0.3, 0.4) is 0 Å². The molecule has 0 aromatic heterocycles. The first-order valence-corrected chi connectivity index (χ1v) is 5.72. The highest BCUT2D eigenvalue weighted by Crippen LogP contribution is 2.17. The van der Waals surface area contributed by atoms with Crippen LogP contribution in [-0.2, 0) is 4.79 Å². The minimum absolute atomic E-state index is 0.0226. The molecule has 3 nitrogen and oxygen atoms in total. The quantitative estimate of drug-likeness (QED) is 0.733. The van der Waals surface area contributed by atoms with E-state index in [0.29, 0.717) is 5.88 Å². The molecule has 0 aromatic rings. The number of nitrogens with zero attached hydrogens (tertiary/aromatic N) is 1. The third-order valence-corrected chi connectivity index (χ3v) is 3.23. The maximum atomic E-state index is 11.7. The van der Waals surface area contributed by atoms with Crippen LogP contribution in [0, 0.1) is 5.41 Å². The van der Waals surface area contributed by atoms with E-state index < -0.39 is 5.41 Å². The Morgan fingerprint density at radius 3 is 2.43 bits per heavy atom. The average Bonchev–Trinajstić information content (AvgIpc) is 2.19. The molecule has 1 N–H and O–H groups in total. The van der Waals surface area contributed by atoms with Crippen LogP contribution < -0.4 is 5.43 Å². The molecule has 0 bridgehead atoms. The van der Waals surface area contributed by atoms with Gasteiger partial charge in [0.25, 0.3) is 0 Å².